The van der Waals surface area contributed by atoms with Crippen LogP contribution in [0.5, 0.6) is 0 Å². The number of aromatic nitrogens is 2. The fourth-order valence-electron chi connectivity index (χ4n) is 3.02. The molecule has 0 N–H and O–H groups in total. The van der Waals surface area contributed by atoms with E-state index in [4.69, 9.17) is 5.26 Å². The Labute approximate surface area is 187 Å². The first-order chi connectivity index (χ1) is 15.7. The smallest absolute Gasteiger partial charge is 0.185 e. The summed E-state index contributed by atoms with van der Waals surface area (Å²) in [6.45, 7) is 0. The molecule has 0 aliphatic heterocycles. The van der Waals surface area contributed by atoms with Gasteiger partial charge in [-0.25, -0.2) is 0 Å². The highest BCUT2D eigenvalue weighted by Crippen LogP contribution is 2.19. The molecule has 5 heteroatoms. The lowest BCUT2D eigenvalue weighted by Crippen LogP contribution is -2.11. The van der Waals surface area contributed by atoms with Crippen molar-refractivity contribution in [3.05, 3.63) is 132 Å². The minimum atomic E-state index is -0.764. The van der Waals surface area contributed by atoms with E-state index in [1.54, 1.807) is 55.0 Å². The normalized spacial score (nSPS) is 10.7. The molecule has 2 aromatic carbocycles. The molecule has 156 valence electrons. The first-order valence-corrected chi connectivity index (χ1v) is 10.0. The van der Waals surface area contributed by atoms with Crippen molar-refractivity contribution in [1.82, 2.24) is 9.97 Å². The van der Waals surface area contributed by atoms with E-state index in [2.05, 4.69) is 9.97 Å². The van der Waals surface area contributed by atoms with Crippen molar-refractivity contribution in [2.24, 2.45) is 0 Å². The van der Waals surface area contributed by atoms with Crippen LogP contribution in [0.2, 0.25) is 0 Å². The lowest BCUT2D eigenvalue weighted by atomic mass is 9.93. The Bertz CT molecular complexity index is 1170. The van der Waals surface area contributed by atoms with Crippen LogP contribution in [-0.2, 0) is 6.42 Å². The highest BCUT2D eigenvalue weighted by atomic mass is 16.1. The highest BCUT2D eigenvalue weighted by Gasteiger charge is 2.21. The number of hydrogen-bond donors (Lipinski definition) is 0. The summed E-state index contributed by atoms with van der Waals surface area (Å²) in [4.78, 5) is 31.7. The van der Waals surface area contributed by atoms with Gasteiger partial charge in [-0.2, -0.15) is 5.26 Å². The average molecular weight is 419 g/mol. The summed E-state index contributed by atoms with van der Waals surface area (Å²) in [7, 11) is 0. The second-order valence-corrected chi connectivity index (χ2v) is 6.91. The van der Waals surface area contributed by atoms with Crippen molar-refractivity contribution in [2.45, 2.75) is 12.3 Å². The minimum Gasteiger partial charge on any atom is -0.294 e. The lowest BCUT2D eigenvalue weighted by molar-refractivity contribution is 0.0975. The molecule has 0 aliphatic rings. The van der Waals surface area contributed by atoms with E-state index in [9.17, 15) is 9.59 Å². The Hall–Kier alpha value is -4.43. The van der Waals surface area contributed by atoms with Crippen LogP contribution in [-0.4, -0.2) is 21.5 Å². The third-order valence-electron chi connectivity index (χ3n) is 4.66. The first-order valence-electron chi connectivity index (χ1n) is 10.0. The van der Waals surface area contributed by atoms with E-state index in [-0.39, 0.29) is 11.6 Å². The summed E-state index contributed by atoms with van der Waals surface area (Å²) in [5.74, 6) is -0.874. The van der Waals surface area contributed by atoms with Crippen LogP contribution in [0.25, 0.3) is 0 Å². The van der Waals surface area contributed by atoms with Crippen LogP contribution in [0, 0.1) is 11.3 Å². The predicted octanol–water partition coefficient (Wildman–Crippen LogP) is 5.08. The van der Waals surface area contributed by atoms with Crippen LogP contribution in [0.1, 0.15) is 37.8 Å². The number of nitrogens with zero attached hydrogens (tertiary/aromatic N) is 3. The zero-order valence-corrected chi connectivity index (χ0v) is 17.3. The van der Waals surface area contributed by atoms with Gasteiger partial charge in [-0.3, -0.25) is 19.6 Å². The summed E-state index contributed by atoms with van der Waals surface area (Å²) in [6.07, 6.45) is 6.79. The molecule has 2 aromatic heterocycles. The molecule has 0 spiro atoms. The monoisotopic (exact) mass is 419 g/mol. The molecule has 4 aromatic rings. The summed E-state index contributed by atoms with van der Waals surface area (Å²) in [5.41, 5.74) is 2.87. The number of nitriles is 1. The summed E-state index contributed by atoms with van der Waals surface area (Å²) < 4.78 is 0. The molecule has 2 heterocycles. The first kappa shape index (κ1) is 22.3. The van der Waals surface area contributed by atoms with Crippen molar-refractivity contribution in [3.8, 4) is 6.07 Å². The molecule has 5 nitrogen and oxygen atoms in total. The average Bonchev–Trinajstić information content (AvgIpc) is 2.87. The van der Waals surface area contributed by atoms with Crippen LogP contribution >= 0.6 is 0 Å². The van der Waals surface area contributed by atoms with E-state index in [0.717, 1.165) is 5.56 Å². The van der Waals surface area contributed by atoms with Gasteiger partial charge in [0.25, 0.3) is 0 Å². The number of rotatable bonds is 6. The Morgan fingerprint density at radius 3 is 1.84 bits per heavy atom. The summed E-state index contributed by atoms with van der Waals surface area (Å²) in [5, 5.41) is 9.12. The van der Waals surface area contributed by atoms with Crippen molar-refractivity contribution in [2.75, 3.05) is 0 Å². The largest absolute Gasteiger partial charge is 0.294 e. The number of ketones is 2. The third-order valence-corrected chi connectivity index (χ3v) is 4.66. The summed E-state index contributed by atoms with van der Waals surface area (Å²) >= 11 is 0. The minimum absolute atomic E-state index is 0.106. The van der Waals surface area contributed by atoms with E-state index in [0.29, 0.717) is 23.1 Å². The zero-order chi connectivity index (χ0) is 22.6. The molecule has 0 aliphatic carbocycles. The van der Waals surface area contributed by atoms with E-state index in [1.807, 2.05) is 54.6 Å². The fourth-order valence-corrected chi connectivity index (χ4v) is 3.02. The maximum Gasteiger partial charge on any atom is 0.185 e. The predicted molar refractivity (Wildman–Crippen MR) is 122 cm³/mol. The molecule has 0 saturated carbocycles. The zero-order valence-electron chi connectivity index (χ0n) is 17.3. The molecule has 0 bridgehead atoms. The van der Waals surface area contributed by atoms with Gasteiger partial charge in [-0.1, -0.05) is 60.7 Å². The van der Waals surface area contributed by atoms with Crippen LogP contribution in [0.3, 0.4) is 0 Å². The van der Waals surface area contributed by atoms with Crippen LogP contribution in [0.4, 0.5) is 0 Å². The molecular formula is C27H21N3O2. The van der Waals surface area contributed by atoms with E-state index < -0.39 is 5.92 Å². The molecule has 0 radical (unpaired) electrons. The van der Waals surface area contributed by atoms with Gasteiger partial charge < -0.3 is 0 Å². The maximum atomic E-state index is 12.1. The molecular weight excluding hydrogens is 398 g/mol. The highest BCUT2D eigenvalue weighted by molar-refractivity contribution is 6.02. The topological polar surface area (TPSA) is 83.7 Å². The van der Waals surface area contributed by atoms with Gasteiger partial charge in [0.2, 0.25) is 0 Å². The van der Waals surface area contributed by atoms with E-state index in [1.165, 1.54) is 6.20 Å². The van der Waals surface area contributed by atoms with Gasteiger partial charge in [0, 0.05) is 42.3 Å². The standard InChI is InChI=1S/C14H10N2O.C13H11NO/c15-9-13(11-5-2-1-3-6-11)14(17)12-7-4-8-16-10-12;15-13(12-7-4-8-14-10-12)9-11-5-2-1-3-6-11/h1-8,10,13H;1-8,10H,9H2. The van der Waals surface area contributed by atoms with Gasteiger partial charge in [0.1, 0.15) is 5.92 Å². The van der Waals surface area contributed by atoms with E-state index >= 15 is 0 Å². The van der Waals surface area contributed by atoms with Gasteiger partial charge in [0.15, 0.2) is 11.6 Å². The molecule has 1 unspecified atom stereocenters. The number of carbonyl (C=O) groups is 2. The fraction of sp³-hybridized carbons (Fsp3) is 0.0741. The van der Waals surface area contributed by atoms with Crippen LogP contribution < -0.4 is 0 Å². The second-order valence-electron chi connectivity index (χ2n) is 6.91. The van der Waals surface area contributed by atoms with Gasteiger partial charge in [-0.15, -0.1) is 0 Å². The van der Waals surface area contributed by atoms with Gasteiger partial charge in [-0.05, 0) is 35.4 Å². The Morgan fingerprint density at radius 1 is 0.750 bits per heavy atom. The van der Waals surface area contributed by atoms with Gasteiger partial charge in [0.05, 0.1) is 6.07 Å². The molecule has 0 saturated heterocycles. The third kappa shape index (κ3) is 6.28. The van der Waals surface area contributed by atoms with Crippen molar-refractivity contribution >= 4 is 11.6 Å². The lowest BCUT2D eigenvalue weighted by Gasteiger charge is -2.07. The molecule has 0 amide bonds. The van der Waals surface area contributed by atoms with Crippen LogP contribution in [0.15, 0.2) is 110 Å². The molecule has 32 heavy (non-hydrogen) atoms. The number of pyridine rings is 2. The van der Waals surface area contributed by atoms with Gasteiger partial charge >= 0.3 is 0 Å². The molecule has 4 rings (SSSR count). The second kappa shape index (κ2) is 11.7. The van der Waals surface area contributed by atoms with Crippen molar-refractivity contribution < 1.29 is 9.59 Å². The SMILES string of the molecule is N#CC(C(=O)c1cccnc1)c1ccccc1.O=C(Cc1ccccc1)c1cccnc1. The maximum absolute atomic E-state index is 12.1. The number of benzene rings is 2. The number of Topliss-reactive ketones (excluding diaryl/α,β-unsaturated/α-hetero) is 2. The Morgan fingerprint density at radius 2 is 1.31 bits per heavy atom. The number of carbonyl (C=O) groups excluding carboxylic acids is 2. The van der Waals surface area contributed by atoms with Crippen molar-refractivity contribution in [3.63, 3.8) is 0 Å². The molecule has 0 fully saturated rings. The van der Waals surface area contributed by atoms with Crippen molar-refractivity contribution in [1.29, 1.82) is 5.26 Å². The Balaban J connectivity index is 0.000000182. The molecule has 1 atom stereocenters. The quantitative estimate of drug-likeness (QED) is 0.407. The number of hydrogen-bond acceptors (Lipinski definition) is 5. The Kier molecular flexibility index (Phi) is 8.12. The summed E-state index contributed by atoms with van der Waals surface area (Å²) in [6, 6.07) is 27.7.